The minimum atomic E-state index is -0.568. The summed E-state index contributed by atoms with van der Waals surface area (Å²) in [6, 6.07) is 12.9. The van der Waals surface area contributed by atoms with E-state index in [2.05, 4.69) is 10.1 Å². The number of nitro benzene ring substituents is 1. The predicted octanol–water partition coefficient (Wildman–Crippen LogP) is 3.58. The lowest BCUT2D eigenvalue weighted by Crippen LogP contribution is -1.95. The van der Waals surface area contributed by atoms with E-state index in [1.165, 1.54) is 6.21 Å². The second kappa shape index (κ2) is 6.70. The first kappa shape index (κ1) is 16.6. The summed E-state index contributed by atoms with van der Waals surface area (Å²) in [5.41, 5.74) is 2.10. The number of nitrogens with zero attached hydrogens (tertiary/aromatic N) is 3. The van der Waals surface area contributed by atoms with E-state index in [4.69, 9.17) is 12.2 Å². The average molecular weight is 353 g/mol. The van der Waals surface area contributed by atoms with Crippen LogP contribution in [0.3, 0.4) is 0 Å². The first-order chi connectivity index (χ1) is 12.0. The molecule has 8 heteroatoms. The van der Waals surface area contributed by atoms with Crippen molar-refractivity contribution in [2.24, 2.45) is 4.99 Å². The van der Waals surface area contributed by atoms with Gasteiger partial charge in [-0.3, -0.25) is 20.2 Å². The average Bonchev–Trinajstić information content (AvgIpc) is 2.89. The van der Waals surface area contributed by atoms with Gasteiger partial charge in [-0.25, -0.2) is 4.68 Å². The van der Waals surface area contributed by atoms with E-state index < -0.39 is 10.7 Å². The smallest absolute Gasteiger partial charge is 0.271 e. The molecule has 126 valence electrons. The number of nitro groups is 1. The second-order valence-corrected chi connectivity index (χ2v) is 5.68. The SMILES string of the molecule is Cc1[nH]n(-c2ccccc2)c(=S)c1C=Nc1cc([N+](=O)[O-])ccc1[O-]. The molecule has 0 aliphatic heterocycles. The lowest BCUT2D eigenvalue weighted by molar-refractivity contribution is -0.385. The molecule has 2 aromatic carbocycles. The third-order valence-corrected chi connectivity index (χ3v) is 4.02. The molecule has 3 aromatic rings. The normalized spacial score (nSPS) is 11.1. The van der Waals surface area contributed by atoms with Gasteiger partial charge in [0.2, 0.25) is 0 Å². The Morgan fingerprint density at radius 1 is 1.24 bits per heavy atom. The summed E-state index contributed by atoms with van der Waals surface area (Å²) in [5.74, 6) is -0.392. The second-order valence-electron chi connectivity index (χ2n) is 5.29. The van der Waals surface area contributed by atoms with E-state index in [0.717, 1.165) is 29.6 Å². The lowest BCUT2D eigenvalue weighted by atomic mass is 10.2. The van der Waals surface area contributed by atoms with E-state index >= 15 is 0 Å². The molecule has 0 atom stereocenters. The van der Waals surface area contributed by atoms with Gasteiger partial charge in [0.05, 0.1) is 21.9 Å². The van der Waals surface area contributed by atoms with E-state index in [1.807, 2.05) is 37.3 Å². The van der Waals surface area contributed by atoms with Gasteiger partial charge in [0.25, 0.3) is 5.69 Å². The summed E-state index contributed by atoms with van der Waals surface area (Å²) >= 11 is 5.46. The van der Waals surface area contributed by atoms with Crippen LogP contribution in [-0.4, -0.2) is 20.9 Å². The third kappa shape index (κ3) is 3.33. The van der Waals surface area contributed by atoms with Crippen LogP contribution < -0.4 is 5.11 Å². The van der Waals surface area contributed by atoms with Crippen LogP contribution in [0.15, 0.2) is 53.5 Å². The topological polar surface area (TPSA) is 99.3 Å². The first-order valence-corrected chi connectivity index (χ1v) is 7.75. The number of non-ortho nitro benzene ring substituents is 1. The summed E-state index contributed by atoms with van der Waals surface area (Å²) in [7, 11) is 0. The van der Waals surface area contributed by atoms with Crippen LogP contribution in [0.1, 0.15) is 11.3 Å². The summed E-state index contributed by atoms with van der Waals surface area (Å²) in [4.78, 5) is 14.4. The molecule has 0 spiro atoms. The highest BCUT2D eigenvalue weighted by molar-refractivity contribution is 7.71. The molecule has 0 aliphatic rings. The van der Waals surface area contributed by atoms with Crippen molar-refractivity contribution >= 4 is 29.8 Å². The lowest BCUT2D eigenvalue weighted by Gasteiger charge is -2.08. The van der Waals surface area contributed by atoms with E-state index in [0.29, 0.717) is 10.2 Å². The molecule has 0 radical (unpaired) electrons. The van der Waals surface area contributed by atoms with Crippen molar-refractivity contribution in [2.45, 2.75) is 6.92 Å². The molecule has 0 unspecified atom stereocenters. The zero-order valence-corrected chi connectivity index (χ0v) is 14.0. The predicted molar refractivity (Wildman–Crippen MR) is 95.5 cm³/mol. The van der Waals surface area contributed by atoms with E-state index in [-0.39, 0.29) is 11.4 Å². The number of hydrogen-bond donors (Lipinski definition) is 1. The molecule has 3 rings (SSSR count). The van der Waals surface area contributed by atoms with Crippen molar-refractivity contribution in [3.05, 3.63) is 74.5 Å². The Morgan fingerprint density at radius 2 is 1.96 bits per heavy atom. The van der Waals surface area contributed by atoms with Gasteiger partial charge < -0.3 is 5.11 Å². The molecular weight excluding hydrogens is 340 g/mol. The van der Waals surface area contributed by atoms with Gasteiger partial charge >= 0.3 is 0 Å². The van der Waals surface area contributed by atoms with Crippen molar-refractivity contribution < 1.29 is 10.0 Å². The zero-order valence-electron chi connectivity index (χ0n) is 13.2. The zero-order chi connectivity index (χ0) is 18.0. The highest BCUT2D eigenvalue weighted by Gasteiger charge is 2.09. The molecule has 0 amide bonds. The van der Waals surface area contributed by atoms with Crippen LogP contribution in [0.4, 0.5) is 11.4 Å². The van der Waals surface area contributed by atoms with Crippen molar-refractivity contribution in [3.8, 4) is 11.4 Å². The number of benzene rings is 2. The van der Waals surface area contributed by atoms with Crippen molar-refractivity contribution in [1.82, 2.24) is 9.78 Å². The maximum Gasteiger partial charge on any atom is 0.271 e. The Balaban J connectivity index is 2.01. The van der Waals surface area contributed by atoms with Gasteiger partial charge in [-0.2, -0.15) is 0 Å². The number of nitrogens with one attached hydrogen (secondary N) is 1. The van der Waals surface area contributed by atoms with Gasteiger partial charge in [-0.1, -0.05) is 42.2 Å². The van der Waals surface area contributed by atoms with Crippen molar-refractivity contribution in [1.29, 1.82) is 0 Å². The molecular formula is C17H13N4O3S-. The van der Waals surface area contributed by atoms with Crippen molar-refractivity contribution in [2.75, 3.05) is 0 Å². The number of para-hydroxylation sites is 1. The highest BCUT2D eigenvalue weighted by atomic mass is 32.1. The van der Waals surface area contributed by atoms with Gasteiger partial charge in [0, 0.05) is 24.0 Å². The monoisotopic (exact) mass is 353 g/mol. The molecule has 0 bridgehead atoms. The van der Waals surface area contributed by atoms with Crippen LogP contribution in [0, 0.1) is 21.7 Å². The molecule has 25 heavy (non-hydrogen) atoms. The van der Waals surface area contributed by atoms with Crippen molar-refractivity contribution in [3.63, 3.8) is 0 Å². The Morgan fingerprint density at radius 3 is 2.64 bits per heavy atom. The standard InChI is InChI=1S/C17H14N4O3S/c1-11-14(17(25)20(19-11)12-5-3-2-4-6-12)10-18-15-9-13(21(23)24)7-8-16(15)22/h2-10,19,22H,1H3/p-1. The molecule has 1 heterocycles. The Labute approximate surface area is 148 Å². The molecule has 1 aromatic heterocycles. The molecule has 0 fully saturated rings. The van der Waals surface area contributed by atoms with Crippen LogP contribution >= 0.6 is 12.2 Å². The van der Waals surface area contributed by atoms with Crippen LogP contribution in [0.25, 0.3) is 5.69 Å². The largest absolute Gasteiger partial charge is 0.871 e. The summed E-state index contributed by atoms with van der Waals surface area (Å²) in [6.45, 7) is 1.84. The number of aromatic amines is 1. The van der Waals surface area contributed by atoms with Gasteiger partial charge in [0.1, 0.15) is 4.64 Å². The number of rotatable bonds is 4. The van der Waals surface area contributed by atoms with E-state index in [9.17, 15) is 15.2 Å². The quantitative estimate of drug-likeness (QED) is 0.335. The van der Waals surface area contributed by atoms with Crippen LogP contribution in [-0.2, 0) is 0 Å². The van der Waals surface area contributed by atoms with Gasteiger partial charge in [-0.15, -0.1) is 0 Å². The number of H-pyrrole nitrogens is 1. The first-order valence-electron chi connectivity index (χ1n) is 7.34. The fourth-order valence-electron chi connectivity index (χ4n) is 2.32. The number of aromatic nitrogens is 2. The highest BCUT2D eigenvalue weighted by Crippen LogP contribution is 2.28. The Hall–Kier alpha value is -3.26. The van der Waals surface area contributed by atoms with Crippen LogP contribution in [0.2, 0.25) is 0 Å². The summed E-state index contributed by atoms with van der Waals surface area (Å²) < 4.78 is 2.24. The van der Waals surface area contributed by atoms with Gasteiger partial charge in [-0.05, 0) is 19.1 Å². The Bertz CT molecular complexity index is 1020. The minimum absolute atomic E-state index is 0.00420. The van der Waals surface area contributed by atoms with Crippen LogP contribution in [0.5, 0.6) is 5.75 Å². The minimum Gasteiger partial charge on any atom is -0.871 e. The molecule has 7 nitrogen and oxygen atoms in total. The maximum atomic E-state index is 11.8. The van der Waals surface area contributed by atoms with E-state index in [1.54, 1.807) is 4.68 Å². The Kier molecular flexibility index (Phi) is 4.44. The molecule has 0 saturated heterocycles. The molecule has 1 N–H and O–H groups in total. The maximum absolute atomic E-state index is 11.8. The van der Waals surface area contributed by atoms with Gasteiger partial charge in [0.15, 0.2) is 0 Å². The molecule has 0 saturated carbocycles. The third-order valence-electron chi connectivity index (χ3n) is 3.62. The molecule has 0 aliphatic carbocycles. The number of aliphatic imine (C=N–C) groups is 1. The fourth-order valence-corrected chi connectivity index (χ4v) is 2.68. The number of aryl methyl sites for hydroxylation is 1. The summed E-state index contributed by atoms with van der Waals surface area (Å²) in [5, 5.41) is 25.8. The number of hydrogen-bond acceptors (Lipinski definition) is 5. The summed E-state index contributed by atoms with van der Waals surface area (Å²) in [6.07, 6.45) is 1.45. The fraction of sp³-hybridized carbons (Fsp3) is 0.0588.